The Hall–Kier alpha value is -0.960. The van der Waals surface area contributed by atoms with E-state index < -0.39 is 0 Å². The second-order valence-electron chi connectivity index (χ2n) is 7.40. The van der Waals surface area contributed by atoms with E-state index >= 15 is 0 Å². The van der Waals surface area contributed by atoms with Crippen molar-refractivity contribution in [2.75, 3.05) is 7.05 Å². The molecule has 1 N–H and O–H groups in total. The highest BCUT2D eigenvalue weighted by Crippen LogP contribution is 2.64. The summed E-state index contributed by atoms with van der Waals surface area (Å²) in [5.74, 6) is 2.52. The van der Waals surface area contributed by atoms with Crippen molar-refractivity contribution in [3.05, 3.63) is 29.8 Å². The minimum absolute atomic E-state index is 0.150. The Labute approximate surface area is 120 Å². The first-order valence-corrected chi connectivity index (χ1v) is 7.97. The van der Waals surface area contributed by atoms with Gasteiger partial charge in [0.15, 0.2) is 0 Å². The molecule has 20 heavy (non-hydrogen) atoms. The first-order valence-electron chi connectivity index (χ1n) is 7.97. The summed E-state index contributed by atoms with van der Waals surface area (Å²) < 4.78 is 14.2. The molecule has 0 amide bonds. The van der Waals surface area contributed by atoms with Crippen LogP contribution < -0.4 is 5.32 Å². The monoisotopic (exact) mass is 274 g/mol. The number of nitrogens with one attached hydrogen (secondary N) is 1. The fourth-order valence-electron chi connectivity index (χ4n) is 5.94. The SMILES string of the molecule is CNC(c1ccncc1F)C12CC3CC(CC(C3)C1)C2. The standard InChI is InChI=1S/C17H23FN2/c1-19-16(14-2-3-20-10-15(14)18)17-7-11-4-12(8-17)6-13(5-11)9-17/h2-3,10-13,16,19H,4-9H2,1H3. The minimum Gasteiger partial charge on any atom is -0.312 e. The summed E-state index contributed by atoms with van der Waals surface area (Å²) in [5.41, 5.74) is 1.11. The van der Waals surface area contributed by atoms with E-state index in [0.29, 0.717) is 0 Å². The maximum absolute atomic E-state index is 14.2. The molecule has 1 unspecified atom stereocenters. The van der Waals surface area contributed by atoms with Gasteiger partial charge in [0.05, 0.1) is 6.20 Å². The van der Waals surface area contributed by atoms with Gasteiger partial charge in [0.25, 0.3) is 0 Å². The molecule has 0 radical (unpaired) electrons. The van der Waals surface area contributed by atoms with Gasteiger partial charge in [0, 0.05) is 17.8 Å². The highest BCUT2D eigenvalue weighted by molar-refractivity contribution is 5.22. The fourth-order valence-corrected chi connectivity index (χ4v) is 5.94. The Bertz CT molecular complexity index is 478. The van der Waals surface area contributed by atoms with Crippen molar-refractivity contribution in [3.8, 4) is 0 Å². The van der Waals surface area contributed by atoms with Crippen LogP contribution in [0.4, 0.5) is 4.39 Å². The Balaban J connectivity index is 1.73. The molecule has 3 heteroatoms. The van der Waals surface area contributed by atoms with Crippen molar-refractivity contribution in [3.63, 3.8) is 0 Å². The van der Waals surface area contributed by atoms with E-state index in [9.17, 15) is 4.39 Å². The number of pyridine rings is 1. The normalized spacial score (nSPS) is 40.0. The first kappa shape index (κ1) is 12.8. The first-order chi connectivity index (χ1) is 9.70. The molecular formula is C17H23FN2. The van der Waals surface area contributed by atoms with Crippen molar-refractivity contribution in [1.82, 2.24) is 10.3 Å². The van der Waals surface area contributed by atoms with E-state index in [2.05, 4.69) is 10.3 Å². The molecule has 1 heterocycles. The van der Waals surface area contributed by atoms with E-state index in [1.54, 1.807) is 6.20 Å². The van der Waals surface area contributed by atoms with Crippen molar-refractivity contribution in [2.24, 2.45) is 23.2 Å². The molecule has 1 aromatic heterocycles. The van der Waals surface area contributed by atoms with E-state index in [4.69, 9.17) is 0 Å². The molecule has 1 atom stereocenters. The summed E-state index contributed by atoms with van der Waals surface area (Å²) in [4.78, 5) is 3.91. The zero-order valence-corrected chi connectivity index (χ0v) is 12.1. The summed E-state index contributed by atoms with van der Waals surface area (Å²) in [6.45, 7) is 0. The second kappa shape index (κ2) is 4.52. The average molecular weight is 274 g/mol. The van der Waals surface area contributed by atoms with Crippen LogP contribution in [0.1, 0.15) is 50.1 Å². The molecule has 4 aliphatic carbocycles. The van der Waals surface area contributed by atoms with Gasteiger partial charge in [-0.1, -0.05) is 0 Å². The molecule has 108 valence electrons. The topological polar surface area (TPSA) is 24.9 Å². The molecule has 4 fully saturated rings. The van der Waals surface area contributed by atoms with E-state index in [1.165, 1.54) is 44.7 Å². The lowest BCUT2D eigenvalue weighted by Crippen LogP contribution is -2.51. The van der Waals surface area contributed by atoms with E-state index in [1.807, 2.05) is 13.1 Å². The molecular weight excluding hydrogens is 251 g/mol. The number of nitrogens with zero attached hydrogens (tertiary/aromatic N) is 1. The molecule has 4 aliphatic rings. The van der Waals surface area contributed by atoms with Crippen molar-refractivity contribution in [2.45, 2.75) is 44.6 Å². The summed E-state index contributed by atoms with van der Waals surface area (Å²) in [6.07, 6.45) is 11.2. The van der Waals surface area contributed by atoms with Gasteiger partial charge in [-0.15, -0.1) is 0 Å². The lowest BCUT2D eigenvalue weighted by atomic mass is 9.47. The zero-order valence-electron chi connectivity index (χ0n) is 12.1. The fraction of sp³-hybridized carbons (Fsp3) is 0.706. The third-order valence-electron chi connectivity index (χ3n) is 6.10. The highest BCUT2D eigenvalue weighted by atomic mass is 19.1. The van der Waals surface area contributed by atoms with Crippen LogP contribution in [0, 0.1) is 29.0 Å². The van der Waals surface area contributed by atoms with Gasteiger partial charge in [0.2, 0.25) is 0 Å². The Kier molecular flexibility index (Phi) is 2.88. The van der Waals surface area contributed by atoms with Crippen LogP contribution in [0.3, 0.4) is 0 Å². The van der Waals surface area contributed by atoms with Gasteiger partial charge < -0.3 is 5.32 Å². The van der Waals surface area contributed by atoms with Crippen molar-refractivity contribution >= 4 is 0 Å². The molecule has 4 saturated carbocycles. The lowest BCUT2D eigenvalue weighted by Gasteiger charge is -2.59. The van der Waals surface area contributed by atoms with Gasteiger partial charge in [-0.2, -0.15) is 0 Å². The number of aromatic nitrogens is 1. The summed E-state index contributed by atoms with van der Waals surface area (Å²) in [6, 6.07) is 2.02. The van der Waals surface area contributed by atoms with Crippen LogP contribution in [0.5, 0.6) is 0 Å². The van der Waals surface area contributed by atoms with Crippen LogP contribution in [0.2, 0.25) is 0 Å². The van der Waals surface area contributed by atoms with E-state index in [0.717, 1.165) is 23.3 Å². The number of hydrogen-bond acceptors (Lipinski definition) is 2. The third kappa shape index (κ3) is 1.82. The summed E-state index contributed by atoms with van der Waals surface area (Å²) in [5, 5.41) is 3.45. The summed E-state index contributed by atoms with van der Waals surface area (Å²) >= 11 is 0. The predicted molar refractivity (Wildman–Crippen MR) is 76.6 cm³/mol. The zero-order chi connectivity index (χ0) is 13.7. The molecule has 4 bridgehead atoms. The lowest BCUT2D eigenvalue weighted by molar-refractivity contribution is -0.0741. The molecule has 1 aromatic rings. The molecule has 0 aromatic carbocycles. The van der Waals surface area contributed by atoms with Gasteiger partial charge in [-0.05, 0) is 74.8 Å². The van der Waals surface area contributed by atoms with Gasteiger partial charge in [0.1, 0.15) is 5.82 Å². The largest absolute Gasteiger partial charge is 0.312 e. The van der Waals surface area contributed by atoms with Gasteiger partial charge >= 0.3 is 0 Å². The van der Waals surface area contributed by atoms with Gasteiger partial charge in [-0.25, -0.2) is 4.39 Å². The molecule has 5 rings (SSSR count). The molecule has 0 aliphatic heterocycles. The Morgan fingerprint density at radius 2 is 1.80 bits per heavy atom. The molecule has 2 nitrogen and oxygen atoms in total. The minimum atomic E-state index is -0.150. The predicted octanol–water partition coefficient (Wildman–Crippen LogP) is 3.70. The van der Waals surface area contributed by atoms with Crippen LogP contribution in [-0.2, 0) is 0 Å². The van der Waals surface area contributed by atoms with Crippen molar-refractivity contribution in [1.29, 1.82) is 0 Å². The Morgan fingerprint density at radius 1 is 1.20 bits per heavy atom. The number of halogens is 1. The molecule has 0 spiro atoms. The summed E-state index contributed by atoms with van der Waals surface area (Å²) in [7, 11) is 1.99. The third-order valence-corrected chi connectivity index (χ3v) is 6.10. The van der Waals surface area contributed by atoms with Crippen LogP contribution >= 0.6 is 0 Å². The van der Waals surface area contributed by atoms with Crippen LogP contribution in [0.25, 0.3) is 0 Å². The maximum Gasteiger partial charge on any atom is 0.146 e. The van der Waals surface area contributed by atoms with E-state index in [-0.39, 0.29) is 17.3 Å². The Morgan fingerprint density at radius 3 is 2.30 bits per heavy atom. The maximum atomic E-state index is 14.2. The quantitative estimate of drug-likeness (QED) is 0.909. The molecule has 0 saturated heterocycles. The smallest absolute Gasteiger partial charge is 0.146 e. The average Bonchev–Trinajstić information content (AvgIpc) is 2.40. The number of hydrogen-bond donors (Lipinski definition) is 1. The number of rotatable bonds is 3. The van der Waals surface area contributed by atoms with Crippen LogP contribution in [0.15, 0.2) is 18.5 Å². The highest BCUT2D eigenvalue weighted by Gasteiger charge is 2.54. The van der Waals surface area contributed by atoms with Gasteiger partial charge in [-0.3, -0.25) is 4.98 Å². The van der Waals surface area contributed by atoms with Crippen molar-refractivity contribution < 1.29 is 4.39 Å². The second-order valence-corrected chi connectivity index (χ2v) is 7.40. The van der Waals surface area contributed by atoms with Crippen LogP contribution in [-0.4, -0.2) is 12.0 Å².